The van der Waals surface area contributed by atoms with Crippen molar-refractivity contribution in [1.29, 1.82) is 0 Å². The average Bonchev–Trinajstić information content (AvgIpc) is 3.14. The highest BCUT2D eigenvalue weighted by molar-refractivity contribution is 7.09. The number of methoxy groups -OCH3 is 1. The number of esters is 1. The molecule has 4 aliphatic carbocycles. The molecule has 5 nitrogen and oxygen atoms in total. The van der Waals surface area contributed by atoms with Gasteiger partial charge in [-0.15, -0.1) is 11.3 Å². The van der Waals surface area contributed by atoms with E-state index in [0.717, 1.165) is 67.8 Å². The highest BCUT2D eigenvalue weighted by Gasteiger charge is 2.55. The van der Waals surface area contributed by atoms with Gasteiger partial charge in [-0.2, -0.15) is 0 Å². The first-order valence-corrected chi connectivity index (χ1v) is 11.7. The Hall–Kier alpha value is -1.43. The van der Waals surface area contributed by atoms with Crippen LogP contribution in [0, 0.1) is 23.2 Å². The smallest absolute Gasteiger partial charge is 0.357 e. The van der Waals surface area contributed by atoms with Crippen LogP contribution < -0.4 is 0 Å². The third-order valence-electron chi connectivity index (χ3n) is 7.08. The largest absolute Gasteiger partial charge is 0.464 e. The van der Waals surface area contributed by atoms with Gasteiger partial charge < -0.3 is 9.64 Å². The molecule has 0 aliphatic heterocycles. The van der Waals surface area contributed by atoms with Gasteiger partial charge in [-0.25, -0.2) is 9.78 Å². The summed E-state index contributed by atoms with van der Waals surface area (Å²) < 4.78 is 4.77. The first-order valence-electron chi connectivity index (χ1n) is 10.8. The number of carbonyl (C=O) groups excluding carboxylic acids is 2. The molecule has 5 rings (SSSR count). The molecule has 4 aliphatic rings. The Bertz CT molecular complexity index is 694. The zero-order chi connectivity index (χ0) is 19.7. The fourth-order valence-electron chi connectivity index (χ4n) is 6.26. The highest BCUT2D eigenvalue weighted by Crippen LogP contribution is 2.60. The van der Waals surface area contributed by atoms with Gasteiger partial charge in [0.1, 0.15) is 5.01 Å². The Kier molecular flexibility index (Phi) is 5.77. The average molecular weight is 405 g/mol. The number of rotatable bonds is 8. The molecule has 0 spiro atoms. The fraction of sp³-hybridized carbons (Fsp3) is 0.773. The van der Waals surface area contributed by atoms with E-state index in [4.69, 9.17) is 4.74 Å². The number of aromatic nitrogens is 1. The number of carbonyl (C=O) groups is 2. The molecule has 4 fully saturated rings. The highest BCUT2D eigenvalue weighted by atomic mass is 32.1. The molecule has 1 amide bonds. The van der Waals surface area contributed by atoms with E-state index in [1.807, 2.05) is 0 Å². The van der Waals surface area contributed by atoms with E-state index in [2.05, 4.69) is 16.8 Å². The second-order valence-electron chi connectivity index (χ2n) is 9.25. The van der Waals surface area contributed by atoms with Gasteiger partial charge in [0.05, 0.1) is 19.1 Å². The molecule has 6 heteroatoms. The van der Waals surface area contributed by atoms with Crippen molar-refractivity contribution in [3.05, 3.63) is 16.1 Å². The third-order valence-corrected chi connectivity index (χ3v) is 7.92. The quantitative estimate of drug-likeness (QED) is 0.467. The molecule has 1 aromatic heterocycles. The summed E-state index contributed by atoms with van der Waals surface area (Å²) in [5.74, 6) is 2.24. The Morgan fingerprint density at radius 1 is 1.18 bits per heavy atom. The first-order chi connectivity index (χ1) is 13.5. The SMILES string of the molecule is CCCCCN(Cc1nc(C(=O)OC)cs1)C(=O)C12CC3CC(CC(C3)C1)C2. The summed E-state index contributed by atoms with van der Waals surface area (Å²) in [6.07, 6.45) is 10.6. The van der Waals surface area contributed by atoms with E-state index in [1.165, 1.54) is 37.7 Å². The third kappa shape index (κ3) is 3.85. The molecule has 1 aromatic rings. The van der Waals surface area contributed by atoms with Crippen molar-refractivity contribution < 1.29 is 14.3 Å². The van der Waals surface area contributed by atoms with Crippen LogP contribution in [0.15, 0.2) is 5.38 Å². The lowest BCUT2D eigenvalue weighted by atomic mass is 9.49. The number of hydrogen-bond acceptors (Lipinski definition) is 5. The minimum absolute atomic E-state index is 0.122. The molecule has 154 valence electrons. The zero-order valence-corrected chi connectivity index (χ0v) is 17.9. The summed E-state index contributed by atoms with van der Waals surface area (Å²) >= 11 is 1.45. The zero-order valence-electron chi connectivity index (χ0n) is 17.1. The molecule has 4 saturated carbocycles. The number of ether oxygens (including phenoxy) is 1. The Balaban J connectivity index is 1.51. The van der Waals surface area contributed by atoms with Crippen LogP contribution in [0.4, 0.5) is 0 Å². The van der Waals surface area contributed by atoms with Crippen molar-refractivity contribution in [3.63, 3.8) is 0 Å². The minimum Gasteiger partial charge on any atom is -0.464 e. The van der Waals surface area contributed by atoms with E-state index in [9.17, 15) is 9.59 Å². The Morgan fingerprint density at radius 2 is 1.82 bits per heavy atom. The fourth-order valence-corrected chi connectivity index (χ4v) is 7.04. The van der Waals surface area contributed by atoms with Crippen LogP contribution in [0.3, 0.4) is 0 Å². The van der Waals surface area contributed by atoms with Crippen molar-refractivity contribution >= 4 is 23.2 Å². The van der Waals surface area contributed by atoms with Crippen LogP contribution in [0.2, 0.25) is 0 Å². The van der Waals surface area contributed by atoms with Crippen molar-refractivity contribution in [2.24, 2.45) is 23.2 Å². The Labute approximate surface area is 171 Å². The second kappa shape index (κ2) is 8.13. The van der Waals surface area contributed by atoms with E-state index >= 15 is 0 Å². The summed E-state index contributed by atoms with van der Waals surface area (Å²) in [5, 5.41) is 2.57. The topological polar surface area (TPSA) is 59.5 Å². The molecule has 0 N–H and O–H groups in total. The first kappa shape index (κ1) is 19.9. The van der Waals surface area contributed by atoms with Crippen LogP contribution in [0.25, 0.3) is 0 Å². The summed E-state index contributed by atoms with van der Waals surface area (Å²) in [5.41, 5.74) is 0.224. The normalized spacial score (nSPS) is 30.4. The molecule has 4 bridgehead atoms. The van der Waals surface area contributed by atoms with E-state index in [-0.39, 0.29) is 5.41 Å². The molecular weight excluding hydrogens is 372 g/mol. The van der Waals surface area contributed by atoms with Gasteiger partial charge in [0.2, 0.25) is 5.91 Å². The van der Waals surface area contributed by atoms with Gasteiger partial charge in [-0.3, -0.25) is 4.79 Å². The van der Waals surface area contributed by atoms with Crippen molar-refractivity contribution in [1.82, 2.24) is 9.88 Å². The van der Waals surface area contributed by atoms with Crippen molar-refractivity contribution in [2.75, 3.05) is 13.7 Å². The van der Waals surface area contributed by atoms with E-state index in [0.29, 0.717) is 18.1 Å². The van der Waals surface area contributed by atoms with Gasteiger partial charge >= 0.3 is 5.97 Å². The van der Waals surface area contributed by atoms with Gasteiger partial charge in [-0.1, -0.05) is 19.8 Å². The molecule has 0 saturated heterocycles. The standard InChI is InChI=1S/C22H32N2O3S/c1-3-4-5-6-24(13-19-23-18(14-28-19)20(25)27-2)21(26)22-10-15-7-16(11-22)9-17(8-15)12-22/h14-17H,3-13H2,1-2H3. The minimum atomic E-state index is -0.410. The Morgan fingerprint density at radius 3 is 2.39 bits per heavy atom. The molecule has 0 radical (unpaired) electrons. The number of unbranched alkanes of at least 4 members (excludes halogenated alkanes) is 2. The van der Waals surface area contributed by atoms with Crippen LogP contribution in [-0.2, 0) is 16.1 Å². The molecule has 0 atom stereocenters. The summed E-state index contributed by atoms with van der Waals surface area (Å²) in [4.78, 5) is 32.0. The van der Waals surface area contributed by atoms with Gasteiger partial charge in [0.15, 0.2) is 5.69 Å². The summed E-state index contributed by atoms with van der Waals surface area (Å²) in [7, 11) is 1.37. The van der Waals surface area contributed by atoms with Crippen molar-refractivity contribution in [2.45, 2.75) is 71.3 Å². The van der Waals surface area contributed by atoms with E-state index in [1.54, 1.807) is 5.38 Å². The lowest BCUT2D eigenvalue weighted by Crippen LogP contribution is -2.54. The molecule has 0 unspecified atom stereocenters. The van der Waals surface area contributed by atoms with Crippen molar-refractivity contribution in [3.8, 4) is 0 Å². The number of thiazole rings is 1. The van der Waals surface area contributed by atoms with Crippen LogP contribution in [-0.4, -0.2) is 35.4 Å². The van der Waals surface area contributed by atoms with E-state index < -0.39 is 5.97 Å². The summed E-state index contributed by atoms with van der Waals surface area (Å²) in [6, 6.07) is 0. The number of hydrogen-bond donors (Lipinski definition) is 0. The monoisotopic (exact) mass is 404 g/mol. The maximum Gasteiger partial charge on any atom is 0.357 e. The predicted molar refractivity (Wildman–Crippen MR) is 109 cm³/mol. The molecular formula is C22H32N2O3S. The van der Waals surface area contributed by atoms with Gasteiger partial charge in [0, 0.05) is 11.9 Å². The molecule has 1 heterocycles. The molecule has 28 heavy (non-hydrogen) atoms. The van der Waals surface area contributed by atoms with Gasteiger partial charge in [0.25, 0.3) is 0 Å². The van der Waals surface area contributed by atoms with Gasteiger partial charge in [-0.05, 0) is 62.7 Å². The lowest BCUT2D eigenvalue weighted by molar-refractivity contribution is -0.158. The number of nitrogens with zero attached hydrogens (tertiary/aromatic N) is 2. The maximum absolute atomic E-state index is 13.8. The summed E-state index contributed by atoms with van der Waals surface area (Å²) in [6.45, 7) is 3.50. The second-order valence-corrected chi connectivity index (χ2v) is 10.2. The van der Waals surface area contributed by atoms with Crippen LogP contribution in [0.5, 0.6) is 0 Å². The predicted octanol–water partition coefficient (Wildman–Crippen LogP) is 4.66. The molecule has 0 aromatic carbocycles. The number of amides is 1. The lowest BCUT2D eigenvalue weighted by Gasteiger charge is -2.56. The maximum atomic E-state index is 13.8. The van der Waals surface area contributed by atoms with Crippen LogP contribution >= 0.6 is 11.3 Å². The van der Waals surface area contributed by atoms with Crippen LogP contribution in [0.1, 0.15) is 80.2 Å².